The van der Waals surface area contributed by atoms with Gasteiger partial charge in [0, 0.05) is 12.0 Å². The van der Waals surface area contributed by atoms with Crippen molar-refractivity contribution in [3.05, 3.63) is 38.8 Å². The molecule has 0 atom stereocenters. The van der Waals surface area contributed by atoms with Crippen molar-refractivity contribution in [1.82, 2.24) is 4.98 Å². The highest BCUT2D eigenvalue weighted by Crippen LogP contribution is 2.40. The molecule has 4 nitrogen and oxygen atoms in total. The van der Waals surface area contributed by atoms with Gasteiger partial charge in [-0.15, -0.1) is 11.3 Å². The van der Waals surface area contributed by atoms with E-state index in [2.05, 4.69) is 38.7 Å². The number of fused-ring (bicyclic) bond motifs is 1. The number of carbonyl (C=O) groups is 1. The van der Waals surface area contributed by atoms with E-state index in [9.17, 15) is 4.79 Å². The summed E-state index contributed by atoms with van der Waals surface area (Å²) in [5.74, 6) is 0.808. The highest BCUT2D eigenvalue weighted by atomic mass is 32.1. The van der Waals surface area contributed by atoms with E-state index >= 15 is 0 Å². The van der Waals surface area contributed by atoms with Crippen LogP contribution in [0.15, 0.2) is 12.1 Å². The molecule has 134 valence electrons. The van der Waals surface area contributed by atoms with Gasteiger partial charge in [-0.25, -0.2) is 4.98 Å². The first-order chi connectivity index (χ1) is 11.7. The fourth-order valence-corrected chi connectivity index (χ4v) is 4.33. The number of rotatable bonds is 2. The lowest BCUT2D eigenvalue weighted by Crippen LogP contribution is -2.36. The predicted molar refractivity (Wildman–Crippen MR) is 103 cm³/mol. The van der Waals surface area contributed by atoms with Gasteiger partial charge in [-0.05, 0) is 43.9 Å². The maximum absolute atomic E-state index is 13.3. The molecule has 0 unspecified atom stereocenters. The van der Waals surface area contributed by atoms with E-state index < -0.39 is 0 Å². The van der Waals surface area contributed by atoms with Crippen LogP contribution in [-0.4, -0.2) is 24.5 Å². The third-order valence-corrected chi connectivity index (χ3v) is 6.23. The zero-order valence-electron chi connectivity index (χ0n) is 15.9. The summed E-state index contributed by atoms with van der Waals surface area (Å²) in [4.78, 5) is 20.6. The Morgan fingerprint density at radius 3 is 2.60 bits per heavy atom. The summed E-state index contributed by atoms with van der Waals surface area (Å²) in [5.41, 5.74) is 4.13. The summed E-state index contributed by atoms with van der Waals surface area (Å²) >= 11 is 1.52. The van der Waals surface area contributed by atoms with E-state index in [-0.39, 0.29) is 11.3 Å². The quantitative estimate of drug-likeness (QED) is 0.784. The van der Waals surface area contributed by atoms with Crippen molar-refractivity contribution in [3.63, 3.8) is 0 Å². The number of nitrogens with zero attached hydrogens (tertiary/aromatic N) is 2. The molecule has 1 aromatic heterocycles. The van der Waals surface area contributed by atoms with Gasteiger partial charge in [-0.2, -0.15) is 0 Å². The number of amides is 1. The van der Waals surface area contributed by atoms with Gasteiger partial charge in [0.15, 0.2) is 0 Å². The molecule has 25 heavy (non-hydrogen) atoms. The van der Waals surface area contributed by atoms with Crippen LogP contribution in [0, 0.1) is 13.8 Å². The largest absolute Gasteiger partial charge is 0.495 e. The molecule has 0 fully saturated rings. The Bertz CT molecular complexity index is 818. The van der Waals surface area contributed by atoms with Crippen molar-refractivity contribution in [2.75, 3.05) is 18.6 Å². The minimum absolute atomic E-state index is 0.0374. The van der Waals surface area contributed by atoms with Crippen LogP contribution in [0.1, 0.15) is 58.7 Å². The third-order valence-electron chi connectivity index (χ3n) is 4.66. The molecular weight excluding hydrogens is 332 g/mol. The van der Waals surface area contributed by atoms with Crippen LogP contribution in [0.3, 0.4) is 0 Å². The Hall–Kier alpha value is -1.88. The summed E-state index contributed by atoms with van der Waals surface area (Å²) < 4.78 is 5.57. The summed E-state index contributed by atoms with van der Waals surface area (Å²) in [6, 6.07) is 4.03. The number of aryl methyl sites for hydroxylation is 2. The van der Waals surface area contributed by atoms with Gasteiger partial charge < -0.3 is 9.64 Å². The van der Waals surface area contributed by atoms with Crippen LogP contribution in [-0.2, 0) is 11.8 Å². The molecule has 3 rings (SSSR count). The fourth-order valence-electron chi connectivity index (χ4n) is 3.26. The Morgan fingerprint density at radius 1 is 1.28 bits per heavy atom. The number of ether oxygens (including phenoxy) is 1. The van der Waals surface area contributed by atoms with Gasteiger partial charge in [-0.1, -0.05) is 26.8 Å². The molecule has 1 amide bonds. The molecular formula is C20H26N2O2S. The lowest BCUT2D eigenvalue weighted by molar-refractivity contribution is 0.0987. The molecule has 2 heterocycles. The maximum Gasteiger partial charge on any atom is 0.270 e. The molecule has 0 aliphatic carbocycles. The van der Waals surface area contributed by atoms with Crippen molar-refractivity contribution in [1.29, 1.82) is 0 Å². The van der Waals surface area contributed by atoms with E-state index in [0.717, 1.165) is 39.9 Å². The molecule has 1 aromatic carbocycles. The van der Waals surface area contributed by atoms with Crippen molar-refractivity contribution in [2.45, 2.75) is 52.9 Å². The molecule has 2 aromatic rings. The number of hydrogen-bond donors (Lipinski definition) is 0. The Kier molecular flexibility index (Phi) is 4.62. The Labute approximate surface area is 153 Å². The average molecular weight is 359 g/mol. The van der Waals surface area contributed by atoms with Gasteiger partial charge in [0.1, 0.15) is 10.6 Å². The van der Waals surface area contributed by atoms with Crippen LogP contribution >= 0.6 is 11.3 Å². The second-order valence-electron chi connectivity index (χ2n) is 7.66. The number of carbonyl (C=O) groups excluding carboxylic acids is 1. The molecule has 5 heteroatoms. The van der Waals surface area contributed by atoms with Crippen molar-refractivity contribution in [3.8, 4) is 5.75 Å². The average Bonchev–Trinajstić information content (AvgIpc) is 2.96. The van der Waals surface area contributed by atoms with Gasteiger partial charge in [0.2, 0.25) is 0 Å². The molecule has 0 saturated heterocycles. The molecule has 0 N–H and O–H groups in total. The summed E-state index contributed by atoms with van der Waals surface area (Å²) in [5, 5.41) is 1.00. The molecule has 0 saturated carbocycles. The standard InChI is InChI=1S/C20H26N2O2S/c1-12-9-10-15(24-6)16-14(12)8-7-11-22(16)18(23)17-13(2)21-19(25-17)20(3,4)5/h9-10H,7-8,11H2,1-6H3. The first kappa shape index (κ1) is 17.9. The van der Waals surface area contributed by atoms with Crippen molar-refractivity contribution in [2.24, 2.45) is 0 Å². The first-order valence-electron chi connectivity index (χ1n) is 8.70. The molecule has 0 spiro atoms. The van der Waals surface area contributed by atoms with E-state index in [0.29, 0.717) is 6.54 Å². The van der Waals surface area contributed by atoms with Crippen molar-refractivity contribution < 1.29 is 9.53 Å². The van der Waals surface area contributed by atoms with E-state index in [1.807, 2.05) is 17.9 Å². The zero-order valence-corrected chi connectivity index (χ0v) is 16.7. The van der Waals surface area contributed by atoms with Crippen LogP contribution in [0.25, 0.3) is 0 Å². The zero-order chi connectivity index (χ0) is 18.4. The van der Waals surface area contributed by atoms with Crippen LogP contribution in [0.5, 0.6) is 5.75 Å². The van der Waals surface area contributed by atoms with Gasteiger partial charge in [-0.3, -0.25) is 4.79 Å². The summed E-state index contributed by atoms with van der Waals surface area (Å²) in [7, 11) is 1.66. The number of aromatic nitrogens is 1. The highest BCUT2D eigenvalue weighted by Gasteiger charge is 2.31. The van der Waals surface area contributed by atoms with Crippen LogP contribution in [0.4, 0.5) is 5.69 Å². The number of hydrogen-bond acceptors (Lipinski definition) is 4. The first-order valence-corrected chi connectivity index (χ1v) is 9.52. The number of methoxy groups -OCH3 is 1. The monoisotopic (exact) mass is 358 g/mol. The van der Waals surface area contributed by atoms with E-state index in [4.69, 9.17) is 4.74 Å². The van der Waals surface area contributed by atoms with E-state index in [1.165, 1.54) is 22.5 Å². The Morgan fingerprint density at radius 2 is 2.00 bits per heavy atom. The van der Waals surface area contributed by atoms with E-state index in [1.54, 1.807) is 7.11 Å². The normalized spacial score (nSPS) is 14.4. The molecule has 1 aliphatic rings. The SMILES string of the molecule is COc1ccc(C)c2c1N(C(=O)c1sc(C(C)(C)C)nc1C)CCC2. The second-order valence-corrected chi connectivity index (χ2v) is 8.65. The number of thiazole rings is 1. The molecule has 1 aliphatic heterocycles. The lowest BCUT2D eigenvalue weighted by Gasteiger charge is -2.31. The fraction of sp³-hybridized carbons (Fsp3) is 0.500. The third kappa shape index (κ3) is 3.17. The summed E-state index contributed by atoms with van der Waals surface area (Å²) in [6.45, 7) is 11.1. The van der Waals surface area contributed by atoms with Gasteiger partial charge in [0.25, 0.3) is 5.91 Å². The number of anilines is 1. The maximum atomic E-state index is 13.3. The predicted octanol–water partition coefficient (Wildman–Crippen LogP) is 4.66. The second kappa shape index (κ2) is 6.45. The van der Waals surface area contributed by atoms with Crippen LogP contribution < -0.4 is 9.64 Å². The van der Waals surface area contributed by atoms with Gasteiger partial charge >= 0.3 is 0 Å². The smallest absolute Gasteiger partial charge is 0.270 e. The van der Waals surface area contributed by atoms with Crippen molar-refractivity contribution >= 4 is 22.9 Å². The minimum Gasteiger partial charge on any atom is -0.495 e. The highest BCUT2D eigenvalue weighted by molar-refractivity contribution is 7.14. The molecule has 0 radical (unpaired) electrons. The molecule has 0 bridgehead atoms. The van der Waals surface area contributed by atoms with Crippen LogP contribution in [0.2, 0.25) is 0 Å². The van der Waals surface area contributed by atoms with Gasteiger partial charge in [0.05, 0.1) is 23.5 Å². The minimum atomic E-state index is -0.0535. The summed E-state index contributed by atoms with van der Waals surface area (Å²) in [6.07, 6.45) is 1.95. The number of benzene rings is 1. The topological polar surface area (TPSA) is 42.4 Å². The lowest BCUT2D eigenvalue weighted by atomic mass is 9.96. The Balaban J connectivity index is 2.07.